The zero-order valence-electron chi connectivity index (χ0n) is 10.6. The Labute approximate surface area is 128 Å². The van der Waals surface area contributed by atoms with Crippen molar-refractivity contribution in [2.45, 2.75) is 6.61 Å². The van der Waals surface area contributed by atoms with Gasteiger partial charge in [-0.05, 0) is 24.3 Å². The molecule has 0 aliphatic carbocycles. The Morgan fingerprint density at radius 2 is 2.14 bits per heavy atom. The Morgan fingerprint density at radius 1 is 1.38 bits per heavy atom. The number of carboxylic acid groups (broad SMARTS) is 1. The third kappa shape index (κ3) is 3.38. The molecule has 0 aliphatic heterocycles. The second kappa shape index (κ2) is 6.37. The summed E-state index contributed by atoms with van der Waals surface area (Å²) in [6.45, 7) is 0.0820. The molecule has 1 N–H and O–H groups in total. The van der Waals surface area contributed by atoms with Gasteiger partial charge in [0.05, 0.1) is 5.56 Å². The summed E-state index contributed by atoms with van der Waals surface area (Å²) in [5.74, 6) is -1.53. The largest absolute Gasteiger partial charge is 0.487 e. The van der Waals surface area contributed by atoms with E-state index in [0.29, 0.717) is 10.0 Å². The molecule has 0 amide bonds. The zero-order valence-corrected chi connectivity index (χ0v) is 12.2. The van der Waals surface area contributed by atoms with Gasteiger partial charge in [-0.2, -0.15) is 5.26 Å². The molecule has 2 aromatic rings. The fourth-order valence-electron chi connectivity index (χ4n) is 1.69. The van der Waals surface area contributed by atoms with Crippen molar-refractivity contribution in [2.24, 2.45) is 0 Å². The summed E-state index contributed by atoms with van der Waals surface area (Å²) in [6, 6.07) is 10.4. The van der Waals surface area contributed by atoms with E-state index < -0.39 is 11.8 Å². The third-order valence-electron chi connectivity index (χ3n) is 2.77. The van der Waals surface area contributed by atoms with Crippen LogP contribution in [0.5, 0.6) is 5.75 Å². The Kier molecular flexibility index (Phi) is 4.55. The van der Waals surface area contributed by atoms with E-state index in [4.69, 9.17) is 15.1 Å². The Bertz CT molecular complexity index is 740. The minimum absolute atomic E-state index is 0.0820. The Hall–Kier alpha value is -2.39. The number of nitriles is 1. The normalized spacial score (nSPS) is 9.95. The second-order valence-electron chi connectivity index (χ2n) is 4.12. The van der Waals surface area contributed by atoms with Gasteiger partial charge in [0.2, 0.25) is 0 Å². The SMILES string of the molecule is N#Cc1c(F)cccc1OCc1ccc(C(=O)O)cc1Br. The van der Waals surface area contributed by atoms with Crippen LogP contribution in [-0.2, 0) is 6.61 Å². The van der Waals surface area contributed by atoms with Crippen LogP contribution in [0.4, 0.5) is 4.39 Å². The number of halogens is 2. The predicted octanol–water partition coefficient (Wildman–Crippen LogP) is 3.74. The first-order chi connectivity index (χ1) is 10.0. The van der Waals surface area contributed by atoms with Crippen LogP contribution in [0.1, 0.15) is 21.5 Å². The van der Waals surface area contributed by atoms with E-state index in [-0.39, 0.29) is 23.5 Å². The van der Waals surface area contributed by atoms with Gasteiger partial charge in [0, 0.05) is 10.0 Å². The van der Waals surface area contributed by atoms with Gasteiger partial charge in [-0.15, -0.1) is 0 Å². The van der Waals surface area contributed by atoms with Crippen LogP contribution >= 0.6 is 15.9 Å². The number of rotatable bonds is 4. The molecule has 0 unspecified atom stereocenters. The lowest BCUT2D eigenvalue weighted by Crippen LogP contribution is -2.02. The highest BCUT2D eigenvalue weighted by Crippen LogP contribution is 2.24. The van der Waals surface area contributed by atoms with E-state index >= 15 is 0 Å². The average molecular weight is 350 g/mol. The molecule has 0 bridgehead atoms. The van der Waals surface area contributed by atoms with Gasteiger partial charge in [-0.1, -0.05) is 28.1 Å². The standard InChI is InChI=1S/C15H9BrFNO3/c16-12-6-9(15(19)20)4-5-10(12)8-21-14-3-1-2-13(17)11(14)7-18/h1-6H,8H2,(H,19,20). The van der Waals surface area contributed by atoms with Crippen molar-refractivity contribution in [2.75, 3.05) is 0 Å². The molecule has 2 rings (SSSR count). The molecule has 106 valence electrons. The maximum atomic E-state index is 13.4. The number of ether oxygens (including phenoxy) is 1. The quantitative estimate of drug-likeness (QED) is 0.912. The van der Waals surface area contributed by atoms with Crippen molar-refractivity contribution in [3.8, 4) is 11.8 Å². The summed E-state index contributed by atoms with van der Waals surface area (Å²) in [7, 11) is 0. The van der Waals surface area contributed by atoms with E-state index in [1.54, 1.807) is 12.1 Å². The van der Waals surface area contributed by atoms with Crippen LogP contribution < -0.4 is 4.74 Å². The van der Waals surface area contributed by atoms with Gasteiger partial charge >= 0.3 is 5.97 Å². The minimum Gasteiger partial charge on any atom is -0.487 e. The number of hydrogen-bond acceptors (Lipinski definition) is 3. The van der Waals surface area contributed by atoms with Gasteiger partial charge in [0.15, 0.2) is 0 Å². The lowest BCUT2D eigenvalue weighted by Gasteiger charge is -2.10. The maximum Gasteiger partial charge on any atom is 0.335 e. The van der Waals surface area contributed by atoms with Gasteiger partial charge in [0.1, 0.15) is 29.8 Å². The molecule has 0 saturated carbocycles. The predicted molar refractivity (Wildman–Crippen MR) is 76.5 cm³/mol. The number of benzene rings is 2. The molecule has 0 heterocycles. The Balaban J connectivity index is 2.20. The van der Waals surface area contributed by atoms with Gasteiger partial charge in [-0.25, -0.2) is 9.18 Å². The lowest BCUT2D eigenvalue weighted by molar-refractivity contribution is 0.0696. The van der Waals surface area contributed by atoms with Gasteiger partial charge < -0.3 is 9.84 Å². The molecule has 6 heteroatoms. The monoisotopic (exact) mass is 349 g/mol. The summed E-state index contributed by atoms with van der Waals surface area (Å²) >= 11 is 3.26. The summed E-state index contributed by atoms with van der Waals surface area (Å²) in [5.41, 5.74) is 0.679. The molecular weight excluding hydrogens is 341 g/mol. The van der Waals surface area contributed by atoms with E-state index in [9.17, 15) is 9.18 Å². The minimum atomic E-state index is -1.03. The van der Waals surface area contributed by atoms with E-state index in [0.717, 1.165) is 0 Å². The van der Waals surface area contributed by atoms with E-state index in [1.807, 2.05) is 0 Å². The number of hydrogen-bond donors (Lipinski definition) is 1. The number of aromatic carboxylic acids is 1. The molecule has 0 atom stereocenters. The van der Waals surface area contributed by atoms with E-state index in [1.165, 1.54) is 30.3 Å². The van der Waals surface area contributed by atoms with Crippen molar-refractivity contribution >= 4 is 21.9 Å². The maximum absolute atomic E-state index is 13.4. The molecule has 21 heavy (non-hydrogen) atoms. The molecule has 2 aromatic carbocycles. The number of nitrogens with zero attached hydrogens (tertiary/aromatic N) is 1. The van der Waals surface area contributed by atoms with Crippen molar-refractivity contribution in [1.29, 1.82) is 5.26 Å². The van der Waals surface area contributed by atoms with Crippen LogP contribution in [0, 0.1) is 17.1 Å². The molecule has 4 nitrogen and oxygen atoms in total. The third-order valence-corrected chi connectivity index (χ3v) is 3.51. The van der Waals surface area contributed by atoms with Crippen molar-refractivity contribution in [3.63, 3.8) is 0 Å². The Morgan fingerprint density at radius 3 is 2.76 bits per heavy atom. The molecular formula is C15H9BrFNO3. The molecule has 0 fully saturated rings. The fraction of sp³-hybridized carbons (Fsp3) is 0.0667. The smallest absolute Gasteiger partial charge is 0.335 e. The number of carbonyl (C=O) groups is 1. The number of carboxylic acids is 1. The molecule has 0 aliphatic rings. The van der Waals surface area contributed by atoms with Crippen LogP contribution in [-0.4, -0.2) is 11.1 Å². The highest BCUT2D eigenvalue weighted by molar-refractivity contribution is 9.10. The van der Waals surface area contributed by atoms with Crippen LogP contribution in [0.25, 0.3) is 0 Å². The van der Waals surface area contributed by atoms with Gasteiger partial charge in [-0.3, -0.25) is 0 Å². The summed E-state index contributed by atoms with van der Waals surface area (Å²) in [5, 5.41) is 17.8. The first-order valence-electron chi connectivity index (χ1n) is 5.86. The van der Waals surface area contributed by atoms with Crippen LogP contribution in [0.15, 0.2) is 40.9 Å². The highest BCUT2D eigenvalue weighted by Gasteiger charge is 2.11. The van der Waals surface area contributed by atoms with Crippen LogP contribution in [0.3, 0.4) is 0 Å². The van der Waals surface area contributed by atoms with Gasteiger partial charge in [0.25, 0.3) is 0 Å². The van der Waals surface area contributed by atoms with E-state index in [2.05, 4.69) is 15.9 Å². The topological polar surface area (TPSA) is 70.3 Å². The first-order valence-corrected chi connectivity index (χ1v) is 6.65. The van der Waals surface area contributed by atoms with Crippen molar-refractivity contribution in [3.05, 3.63) is 63.4 Å². The van der Waals surface area contributed by atoms with Crippen molar-refractivity contribution < 1.29 is 19.0 Å². The molecule has 0 saturated heterocycles. The zero-order chi connectivity index (χ0) is 15.4. The molecule has 0 radical (unpaired) electrons. The summed E-state index contributed by atoms with van der Waals surface area (Å²) in [6.07, 6.45) is 0. The summed E-state index contributed by atoms with van der Waals surface area (Å²) in [4.78, 5) is 10.8. The molecule has 0 spiro atoms. The lowest BCUT2D eigenvalue weighted by atomic mass is 10.1. The first kappa shape index (κ1) is 15.0. The van der Waals surface area contributed by atoms with Crippen molar-refractivity contribution in [1.82, 2.24) is 0 Å². The highest BCUT2D eigenvalue weighted by atomic mass is 79.9. The average Bonchev–Trinajstić information content (AvgIpc) is 2.45. The fourth-order valence-corrected chi connectivity index (χ4v) is 2.18. The molecule has 0 aromatic heterocycles. The van der Waals surface area contributed by atoms with Crippen LogP contribution in [0.2, 0.25) is 0 Å². The summed E-state index contributed by atoms with van der Waals surface area (Å²) < 4.78 is 19.4. The second-order valence-corrected chi connectivity index (χ2v) is 4.98.